The van der Waals surface area contributed by atoms with Crippen LogP contribution in [0.3, 0.4) is 0 Å². The highest BCUT2D eigenvalue weighted by Gasteiger charge is 2.09. The molecule has 0 radical (unpaired) electrons. The number of hydrogen-bond acceptors (Lipinski definition) is 6. The van der Waals surface area contributed by atoms with Crippen molar-refractivity contribution < 1.29 is 9.59 Å². The average molecular weight is 433 g/mol. The van der Waals surface area contributed by atoms with Crippen molar-refractivity contribution in [2.75, 3.05) is 6.54 Å². The molecule has 0 saturated heterocycles. The van der Waals surface area contributed by atoms with E-state index in [-0.39, 0.29) is 17.9 Å². The van der Waals surface area contributed by atoms with Crippen LogP contribution in [0.25, 0.3) is 0 Å². The topological polar surface area (TPSA) is 110 Å². The van der Waals surface area contributed by atoms with E-state index < -0.39 is 0 Å². The second-order valence-electron chi connectivity index (χ2n) is 6.51. The van der Waals surface area contributed by atoms with Gasteiger partial charge in [0.05, 0.1) is 23.8 Å². The number of rotatable bonds is 5. The fraction of sp³-hybridized carbons (Fsp3) is 0.565. The monoisotopic (exact) mass is 432 g/mol. The molecule has 0 aliphatic rings. The van der Waals surface area contributed by atoms with Gasteiger partial charge in [-0.2, -0.15) is 0 Å². The molecule has 0 fully saturated rings. The summed E-state index contributed by atoms with van der Waals surface area (Å²) in [6.45, 7) is 20.2. The molecule has 0 bridgehead atoms. The van der Waals surface area contributed by atoms with Crippen molar-refractivity contribution in [1.82, 2.24) is 30.6 Å². The van der Waals surface area contributed by atoms with Crippen LogP contribution in [0, 0.1) is 6.92 Å². The molecule has 0 spiro atoms. The number of nitrogens with one attached hydrogen (secondary N) is 2. The molecule has 0 atom stereocenters. The summed E-state index contributed by atoms with van der Waals surface area (Å²) < 4.78 is 0. The van der Waals surface area contributed by atoms with Crippen LogP contribution in [0.15, 0.2) is 24.8 Å². The van der Waals surface area contributed by atoms with Gasteiger partial charge in [-0.05, 0) is 33.6 Å². The first kappa shape index (κ1) is 30.3. The van der Waals surface area contributed by atoms with Crippen molar-refractivity contribution in [3.63, 3.8) is 0 Å². The summed E-state index contributed by atoms with van der Waals surface area (Å²) in [5.74, 6) is -0.0128. The lowest BCUT2D eigenvalue weighted by Crippen LogP contribution is -2.30. The summed E-state index contributed by atoms with van der Waals surface area (Å²) in [5.41, 5.74) is 2.39. The van der Waals surface area contributed by atoms with E-state index in [0.717, 1.165) is 11.4 Å². The summed E-state index contributed by atoms with van der Waals surface area (Å²) in [6, 6.07) is 0.115. The van der Waals surface area contributed by atoms with Crippen molar-refractivity contribution in [3.05, 3.63) is 47.6 Å². The van der Waals surface area contributed by atoms with Crippen molar-refractivity contribution in [1.29, 1.82) is 0 Å². The van der Waals surface area contributed by atoms with Gasteiger partial charge in [-0.1, -0.05) is 41.5 Å². The van der Waals surface area contributed by atoms with Gasteiger partial charge >= 0.3 is 0 Å². The third-order valence-electron chi connectivity index (χ3n) is 3.24. The molecule has 8 nitrogen and oxygen atoms in total. The molecule has 0 aromatic carbocycles. The Bertz CT molecular complexity index is 746. The van der Waals surface area contributed by atoms with E-state index >= 15 is 0 Å². The summed E-state index contributed by atoms with van der Waals surface area (Å²) in [5, 5.41) is 5.41. The number of hydrogen-bond donors (Lipinski definition) is 2. The Balaban J connectivity index is 0. The van der Waals surface area contributed by atoms with Crippen LogP contribution in [0.1, 0.15) is 101 Å². The van der Waals surface area contributed by atoms with Gasteiger partial charge < -0.3 is 10.6 Å². The maximum Gasteiger partial charge on any atom is 0.271 e. The first-order chi connectivity index (χ1) is 14.7. The van der Waals surface area contributed by atoms with Gasteiger partial charge in [0.2, 0.25) is 0 Å². The standard InChI is InChI=1S/C11H17N3O.C8H11N3O.2C2H6/c1-7(2)9-5-13-10(6-12-9)11(15)14-8(3)4;1-3-10-8(12)7-5-9-4-6(2)11-7;2*1-2/h5-8H,1-4H3,(H,14,15);4-5H,3H2,1-2H3,(H,10,12);2*1-2H3. The number of amides is 2. The molecule has 2 rings (SSSR count). The minimum Gasteiger partial charge on any atom is -0.351 e. The highest BCUT2D eigenvalue weighted by molar-refractivity contribution is 5.92. The van der Waals surface area contributed by atoms with Crippen molar-refractivity contribution in [3.8, 4) is 0 Å². The highest BCUT2D eigenvalue weighted by atomic mass is 16.2. The number of nitrogens with zero attached hydrogens (tertiary/aromatic N) is 4. The Kier molecular flexibility index (Phi) is 17.5. The van der Waals surface area contributed by atoms with Crippen LogP contribution in [-0.4, -0.2) is 44.3 Å². The van der Waals surface area contributed by atoms with Gasteiger partial charge in [-0.25, -0.2) is 9.97 Å². The third-order valence-corrected chi connectivity index (χ3v) is 3.24. The molecule has 2 aromatic rings. The van der Waals surface area contributed by atoms with E-state index in [2.05, 4.69) is 30.6 Å². The summed E-state index contributed by atoms with van der Waals surface area (Å²) in [6.07, 6.45) is 6.24. The van der Waals surface area contributed by atoms with Crippen LogP contribution in [0.2, 0.25) is 0 Å². The van der Waals surface area contributed by atoms with Crippen molar-refractivity contribution in [2.45, 2.75) is 81.2 Å². The van der Waals surface area contributed by atoms with Gasteiger partial charge in [0.25, 0.3) is 11.8 Å². The predicted octanol–water partition coefficient (Wildman–Crippen LogP) is 4.33. The molecule has 2 N–H and O–H groups in total. The van der Waals surface area contributed by atoms with Crippen LogP contribution in [0.5, 0.6) is 0 Å². The first-order valence-electron chi connectivity index (χ1n) is 10.9. The van der Waals surface area contributed by atoms with Gasteiger partial charge in [0.1, 0.15) is 11.4 Å². The molecule has 31 heavy (non-hydrogen) atoms. The third kappa shape index (κ3) is 13.1. The van der Waals surface area contributed by atoms with Gasteiger partial charge in [0, 0.05) is 25.0 Å². The molecule has 8 heteroatoms. The Labute approximate surface area is 187 Å². The first-order valence-corrected chi connectivity index (χ1v) is 10.9. The van der Waals surface area contributed by atoms with Crippen LogP contribution >= 0.6 is 0 Å². The fourth-order valence-electron chi connectivity index (χ4n) is 1.91. The molecule has 0 saturated carbocycles. The predicted molar refractivity (Wildman–Crippen MR) is 126 cm³/mol. The largest absolute Gasteiger partial charge is 0.351 e. The van der Waals surface area contributed by atoms with Gasteiger partial charge in [-0.15, -0.1) is 0 Å². The summed E-state index contributed by atoms with van der Waals surface area (Å²) >= 11 is 0. The lowest BCUT2D eigenvalue weighted by molar-refractivity contribution is 0.0933. The minimum atomic E-state index is -0.173. The molecule has 2 aromatic heterocycles. The average Bonchev–Trinajstić information content (AvgIpc) is 2.77. The Morgan fingerprint density at radius 3 is 1.90 bits per heavy atom. The smallest absolute Gasteiger partial charge is 0.271 e. The maximum atomic E-state index is 11.5. The second-order valence-corrected chi connectivity index (χ2v) is 6.51. The second kappa shape index (κ2) is 17.9. The highest BCUT2D eigenvalue weighted by Crippen LogP contribution is 2.09. The minimum absolute atomic E-state index is 0.115. The SMILES string of the molecule is CC.CC.CC(C)NC(=O)c1cnc(C(C)C)cn1.CCNC(=O)c1cncc(C)n1. The van der Waals surface area contributed by atoms with Crippen LogP contribution < -0.4 is 10.6 Å². The Hall–Kier alpha value is -2.90. The zero-order valence-electron chi connectivity index (χ0n) is 20.8. The lowest BCUT2D eigenvalue weighted by atomic mass is 10.1. The summed E-state index contributed by atoms with van der Waals surface area (Å²) in [7, 11) is 0. The Morgan fingerprint density at radius 1 is 0.871 bits per heavy atom. The van der Waals surface area contributed by atoms with Crippen LogP contribution in [0.4, 0.5) is 0 Å². The van der Waals surface area contributed by atoms with Gasteiger partial charge in [0.15, 0.2) is 0 Å². The Morgan fingerprint density at radius 2 is 1.48 bits per heavy atom. The normalized spacial score (nSPS) is 9.29. The van der Waals surface area contributed by atoms with E-state index in [1.54, 1.807) is 19.3 Å². The maximum absolute atomic E-state index is 11.5. The van der Waals surface area contributed by atoms with Crippen LogP contribution in [-0.2, 0) is 0 Å². The zero-order chi connectivity index (χ0) is 24.4. The van der Waals surface area contributed by atoms with Gasteiger partial charge in [-0.3, -0.25) is 19.6 Å². The zero-order valence-corrected chi connectivity index (χ0v) is 20.8. The van der Waals surface area contributed by atoms with E-state index in [1.165, 1.54) is 12.4 Å². The van der Waals surface area contributed by atoms with E-state index in [9.17, 15) is 9.59 Å². The number of carbonyl (C=O) groups is 2. The number of aryl methyl sites for hydroxylation is 1. The van der Waals surface area contributed by atoms with E-state index in [1.807, 2.05) is 62.3 Å². The van der Waals surface area contributed by atoms with Crippen molar-refractivity contribution >= 4 is 11.8 Å². The molecule has 0 aliphatic heterocycles. The number of carbonyl (C=O) groups excluding carboxylic acids is 2. The van der Waals surface area contributed by atoms with E-state index in [0.29, 0.717) is 23.9 Å². The fourth-order valence-corrected chi connectivity index (χ4v) is 1.91. The summed E-state index contributed by atoms with van der Waals surface area (Å²) in [4.78, 5) is 38.8. The number of aromatic nitrogens is 4. The molecule has 0 unspecified atom stereocenters. The molecular weight excluding hydrogens is 392 g/mol. The van der Waals surface area contributed by atoms with E-state index in [4.69, 9.17) is 0 Å². The molecule has 174 valence electrons. The molecule has 2 heterocycles. The molecular formula is C23H40N6O2. The molecule has 2 amide bonds. The quantitative estimate of drug-likeness (QED) is 0.728. The van der Waals surface area contributed by atoms with Crippen molar-refractivity contribution in [2.24, 2.45) is 0 Å². The molecule has 0 aliphatic carbocycles. The lowest BCUT2D eigenvalue weighted by Gasteiger charge is -2.08.